The Morgan fingerprint density at radius 2 is 2.16 bits per heavy atom. The van der Waals surface area contributed by atoms with Crippen LogP contribution >= 0.6 is 0 Å². The summed E-state index contributed by atoms with van der Waals surface area (Å²) in [5.74, 6) is 0.293. The largest absolute Gasteiger partial charge is 0.469 e. The first-order chi connectivity index (χ1) is 12.2. The number of H-pyrrole nitrogens is 1. The van der Waals surface area contributed by atoms with Gasteiger partial charge >= 0.3 is 5.97 Å². The van der Waals surface area contributed by atoms with E-state index in [1.807, 2.05) is 0 Å². The van der Waals surface area contributed by atoms with Crippen LogP contribution < -0.4 is 0 Å². The summed E-state index contributed by atoms with van der Waals surface area (Å²) in [6.45, 7) is 3.47. The number of esters is 1. The van der Waals surface area contributed by atoms with Crippen LogP contribution in [-0.2, 0) is 9.53 Å². The topological polar surface area (TPSA) is 45.3 Å². The molecule has 0 aliphatic carbocycles. The Balaban J connectivity index is 1.81. The van der Waals surface area contributed by atoms with Crippen molar-refractivity contribution in [3.05, 3.63) is 35.5 Å². The molecule has 3 unspecified atom stereocenters. The summed E-state index contributed by atoms with van der Waals surface area (Å²) in [7, 11) is 1.48. The molecule has 0 radical (unpaired) electrons. The van der Waals surface area contributed by atoms with E-state index in [9.17, 15) is 4.79 Å². The van der Waals surface area contributed by atoms with Gasteiger partial charge in [0.25, 0.3) is 0 Å². The molecule has 4 nitrogen and oxygen atoms in total. The van der Waals surface area contributed by atoms with Gasteiger partial charge in [-0.1, -0.05) is 31.5 Å². The number of nitrogens with zero attached hydrogens (tertiary/aromatic N) is 1. The van der Waals surface area contributed by atoms with E-state index in [1.165, 1.54) is 55.1 Å². The summed E-state index contributed by atoms with van der Waals surface area (Å²) in [6.07, 6.45) is 6.31. The SMILES string of the molecule is CCC1C(CCC(=O)OC)c2c([nH]c3ccccc23)C2CCCCN21. The Bertz CT molecular complexity index is 766. The molecule has 4 rings (SSSR count). The molecule has 1 aromatic heterocycles. The molecule has 134 valence electrons. The van der Waals surface area contributed by atoms with Crippen molar-refractivity contribution in [1.29, 1.82) is 0 Å². The normalized spacial score (nSPS) is 26.2. The van der Waals surface area contributed by atoms with E-state index in [4.69, 9.17) is 4.74 Å². The number of hydrogen-bond acceptors (Lipinski definition) is 3. The minimum absolute atomic E-state index is 0.1000. The monoisotopic (exact) mass is 340 g/mol. The molecule has 2 aliphatic heterocycles. The van der Waals surface area contributed by atoms with Gasteiger partial charge in [0.05, 0.1) is 13.2 Å². The molecule has 0 bridgehead atoms. The lowest BCUT2D eigenvalue weighted by Gasteiger charge is -2.48. The molecule has 25 heavy (non-hydrogen) atoms. The van der Waals surface area contributed by atoms with Crippen molar-refractivity contribution < 1.29 is 9.53 Å². The summed E-state index contributed by atoms with van der Waals surface area (Å²) in [6, 6.07) is 9.67. The van der Waals surface area contributed by atoms with Crippen LogP contribution in [0.1, 0.15) is 68.7 Å². The highest BCUT2D eigenvalue weighted by Crippen LogP contribution is 2.49. The predicted molar refractivity (Wildman–Crippen MR) is 99.7 cm³/mol. The number of benzene rings is 1. The second-order valence-corrected chi connectivity index (χ2v) is 7.44. The molecule has 1 fully saturated rings. The number of nitrogens with one attached hydrogen (secondary N) is 1. The number of fused-ring (bicyclic) bond motifs is 5. The zero-order chi connectivity index (χ0) is 17.4. The number of carbonyl (C=O) groups excluding carboxylic acids is 1. The average molecular weight is 340 g/mol. The Hall–Kier alpha value is -1.81. The predicted octanol–water partition coefficient (Wildman–Crippen LogP) is 4.52. The Labute approximate surface area is 149 Å². The third kappa shape index (κ3) is 2.77. The second kappa shape index (κ2) is 6.83. The first-order valence-corrected chi connectivity index (χ1v) is 9.67. The van der Waals surface area contributed by atoms with E-state index in [-0.39, 0.29) is 5.97 Å². The molecule has 1 saturated heterocycles. The minimum atomic E-state index is -0.1000. The Morgan fingerprint density at radius 3 is 2.96 bits per heavy atom. The van der Waals surface area contributed by atoms with E-state index in [0.29, 0.717) is 24.4 Å². The number of aromatic amines is 1. The standard InChI is InChI=1S/C21H28N2O2/c1-3-17-15(11-12-19(24)25-2)20-14-8-4-5-9-16(14)22-21(20)18-10-6-7-13-23(17)18/h4-5,8-9,15,17-18,22H,3,6-7,10-13H2,1-2H3. The van der Waals surface area contributed by atoms with E-state index in [1.54, 1.807) is 0 Å². The fraction of sp³-hybridized carbons (Fsp3) is 0.571. The van der Waals surface area contributed by atoms with Gasteiger partial charge in [0.15, 0.2) is 0 Å². The quantitative estimate of drug-likeness (QED) is 0.832. The Kier molecular flexibility index (Phi) is 4.55. The molecule has 2 aliphatic rings. The van der Waals surface area contributed by atoms with Gasteiger partial charge in [-0.15, -0.1) is 0 Å². The van der Waals surface area contributed by atoms with Crippen LogP contribution in [0.15, 0.2) is 24.3 Å². The van der Waals surface area contributed by atoms with Crippen molar-refractivity contribution in [3.8, 4) is 0 Å². The highest BCUT2D eigenvalue weighted by atomic mass is 16.5. The smallest absolute Gasteiger partial charge is 0.305 e. The molecule has 3 atom stereocenters. The maximum absolute atomic E-state index is 11.8. The summed E-state index contributed by atoms with van der Waals surface area (Å²) < 4.78 is 4.91. The van der Waals surface area contributed by atoms with Crippen LogP contribution in [0.2, 0.25) is 0 Å². The van der Waals surface area contributed by atoms with Gasteiger partial charge in [-0.05, 0) is 43.9 Å². The van der Waals surface area contributed by atoms with Crippen molar-refractivity contribution in [2.24, 2.45) is 0 Å². The van der Waals surface area contributed by atoms with Gasteiger partial charge in [-0.25, -0.2) is 0 Å². The summed E-state index contributed by atoms with van der Waals surface area (Å²) in [4.78, 5) is 18.2. The van der Waals surface area contributed by atoms with Crippen LogP contribution in [0.5, 0.6) is 0 Å². The summed E-state index contributed by atoms with van der Waals surface area (Å²) in [5.41, 5.74) is 4.10. The van der Waals surface area contributed by atoms with Crippen LogP contribution in [0.3, 0.4) is 0 Å². The van der Waals surface area contributed by atoms with E-state index in [2.05, 4.69) is 41.1 Å². The van der Waals surface area contributed by atoms with Crippen molar-refractivity contribution in [2.75, 3.05) is 13.7 Å². The number of piperidine rings is 1. The van der Waals surface area contributed by atoms with E-state index in [0.717, 1.165) is 12.8 Å². The van der Waals surface area contributed by atoms with Gasteiger partial charge in [-0.3, -0.25) is 9.69 Å². The third-order valence-corrected chi connectivity index (χ3v) is 6.22. The van der Waals surface area contributed by atoms with Gasteiger partial charge in [0.2, 0.25) is 0 Å². The number of aromatic nitrogens is 1. The van der Waals surface area contributed by atoms with Crippen LogP contribution in [0.25, 0.3) is 10.9 Å². The van der Waals surface area contributed by atoms with Crippen LogP contribution in [-0.4, -0.2) is 35.5 Å². The van der Waals surface area contributed by atoms with Gasteiger partial charge in [0.1, 0.15) is 0 Å². The highest BCUT2D eigenvalue weighted by Gasteiger charge is 2.42. The molecule has 2 aromatic rings. The van der Waals surface area contributed by atoms with Gasteiger partial charge in [-0.2, -0.15) is 0 Å². The zero-order valence-electron chi connectivity index (χ0n) is 15.3. The number of ether oxygens (including phenoxy) is 1. The molecule has 1 aromatic carbocycles. The molecular weight excluding hydrogens is 312 g/mol. The molecule has 0 spiro atoms. The lowest BCUT2D eigenvalue weighted by molar-refractivity contribution is -0.140. The average Bonchev–Trinajstić information content (AvgIpc) is 3.05. The van der Waals surface area contributed by atoms with Crippen molar-refractivity contribution in [1.82, 2.24) is 9.88 Å². The van der Waals surface area contributed by atoms with E-state index >= 15 is 0 Å². The maximum atomic E-state index is 11.8. The number of para-hydroxylation sites is 1. The van der Waals surface area contributed by atoms with Gasteiger partial charge < -0.3 is 9.72 Å². The fourth-order valence-electron chi connectivity index (χ4n) is 5.16. The van der Waals surface area contributed by atoms with Crippen LogP contribution in [0, 0.1) is 0 Å². The maximum Gasteiger partial charge on any atom is 0.305 e. The van der Waals surface area contributed by atoms with Gasteiger partial charge in [0, 0.05) is 35.0 Å². The fourth-order valence-corrected chi connectivity index (χ4v) is 5.16. The lowest BCUT2D eigenvalue weighted by atomic mass is 9.76. The third-order valence-electron chi connectivity index (χ3n) is 6.22. The minimum Gasteiger partial charge on any atom is -0.469 e. The molecule has 4 heteroatoms. The first kappa shape index (κ1) is 16.6. The number of carbonyl (C=O) groups is 1. The summed E-state index contributed by atoms with van der Waals surface area (Å²) in [5, 5.41) is 1.34. The van der Waals surface area contributed by atoms with E-state index < -0.39 is 0 Å². The zero-order valence-corrected chi connectivity index (χ0v) is 15.3. The molecule has 1 N–H and O–H groups in total. The first-order valence-electron chi connectivity index (χ1n) is 9.67. The summed E-state index contributed by atoms with van der Waals surface area (Å²) >= 11 is 0. The highest BCUT2D eigenvalue weighted by molar-refractivity contribution is 5.86. The number of methoxy groups -OCH3 is 1. The van der Waals surface area contributed by atoms with Crippen LogP contribution in [0.4, 0.5) is 0 Å². The lowest BCUT2D eigenvalue weighted by Crippen LogP contribution is -2.48. The van der Waals surface area contributed by atoms with Crippen molar-refractivity contribution in [2.45, 2.75) is 63.5 Å². The molecule has 0 saturated carbocycles. The molecule has 0 amide bonds. The number of rotatable bonds is 4. The van der Waals surface area contributed by atoms with Crippen molar-refractivity contribution >= 4 is 16.9 Å². The second-order valence-electron chi connectivity index (χ2n) is 7.44. The Morgan fingerprint density at radius 1 is 1.32 bits per heavy atom. The van der Waals surface area contributed by atoms with Crippen molar-refractivity contribution in [3.63, 3.8) is 0 Å². The number of hydrogen-bond donors (Lipinski definition) is 1. The molecular formula is C21H28N2O2. The molecule has 3 heterocycles.